The maximum absolute atomic E-state index is 13.7. The highest BCUT2D eigenvalue weighted by atomic mass is 19.1. The van der Waals surface area contributed by atoms with Gasteiger partial charge in [0.15, 0.2) is 0 Å². The summed E-state index contributed by atoms with van der Waals surface area (Å²) in [6.45, 7) is 0. The van der Waals surface area contributed by atoms with Crippen molar-refractivity contribution in [3.8, 4) is 11.4 Å². The second-order valence-electron chi connectivity index (χ2n) is 6.14. The molecule has 0 spiro atoms. The van der Waals surface area contributed by atoms with E-state index in [1.807, 2.05) is 12.1 Å². The summed E-state index contributed by atoms with van der Waals surface area (Å²) in [6.07, 6.45) is 3.63. The number of aromatic nitrogens is 3. The van der Waals surface area contributed by atoms with Gasteiger partial charge in [-0.15, -0.1) is 0 Å². The highest BCUT2D eigenvalue weighted by Gasteiger charge is 2.13. The third-order valence-electron chi connectivity index (χ3n) is 4.14. The van der Waals surface area contributed by atoms with Crippen molar-refractivity contribution in [2.75, 3.05) is 10.6 Å². The minimum Gasteiger partial charge on any atom is -0.339 e. The van der Waals surface area contributed by atoms with Crippen LogP contribution >= 0.6 is 0 Å². The van der Waals surface area contributed by atoms with Crippen molar-refractivity contribution in [1.29, 1.82) is 0 Å². The van der Waals surface area contributed by atoms with E-state index in [-0.39, 0.29) is 5.69 Å². The standard InChI is InChI=1S/C21H16FN5O2/c22-16-6-2-4-8-18(16)25-21(28)24-17-7-3-1-5-15(17)13-19-26-20(27-29-19)14-9-11-23-12-10-14/h1-12H,13H2,(H2,24,25,28). The summed E-state index contributed by atoms with van der Waals surface area (Å²) in [7, 11) is 0. The molecule has 29 heavy (non-hydrogen) atoms. The van der Waals surface area contributed by atoms with Crippen LogP contribution in [-0.4, -0.2) is 21.2 Å². The van der Waals surface area contributed by atoms with Gasteiger partial charge in [0.25, 0.3) is 0 Å². The Labute approximate surface area is 165 Å². The molecule has 0 atom stereocenters. The average Bonchev–Trinajstić information content (AvgIpc) is 3.20. The van der Waals surface area contributed by atoms with E-state index in [1.54, 1.807) is 48.8 Å². The van der Waals surface area contributed by atoms with Gasteiger partial charge in [-0.05, 0) is 35.9 Å². The summed E-state index contributed by atoms with van der Waals surface area (Å²) in [5, 5.41) is 9.21. The van der Waals surface area contributed by atoms with Crippen LogP contribution in [0.2, 0.25) is 0 Å². The van der Waals surface area contributed by atoms with Crippen molar-refractivity contribution in [1.82, 2.24) is 15.1 Å². The first kappa shape index (κ1) is 18.3. The Hall–Kier alpha value is -4.07. The minimum absolute atomic E-state index is 0.0985. The van der Waals surface area contributed by atoms with Crippen molar-refractivity contribution in [2.45, 2.75) is 6.42 Å². The Morgan fingerprint density at radius 3 is 2.41 bits per heavy atom. The molecular formula is C21H16FN5O2. The number of carbonyl (C=O) groups is 1. The van der Waals surface area contributed by atoms with E-state index in [1.165, 1.54) is 12.1 Å². The molecule has 0 saturated carbocycles. The summed E-state index contributed by atoms with van der Waals surface area (Å²) in [5.41, 5.74) is 2.23. The maximum Gasteiger partial charge on any atom is 0.323 e. The van der Waals surface area contributed by atoms with E-state index in [0.29, 0.717) is 23.8 Å². The SMILES string of the molecule is O=C(Nc1ccccc1F)Nc1ccccc1Cc1nc(-c2ccncc2)no1. The number of para-hydroxylation sites is 2. The van der Waals surface area contributed by atoms with Gasteiger partial charge < -0.3 is 15.2 Å². The van der Waals surface area contributed by atoms with E-state index in [0.717, 1.165) is 11.1 Å². The van der Waals surface area contributed by atoms with Gasteiger partial charge in [0.2, 0.25) is 11.7 Å². The molecule has 0 bridgehead atoms. The van der Waals surface area contributed by atoms with Gasteiger partial charge in [-0.2, -0.15) is 4.98 Å². The number of urea groups is 1. The molecule has 2 amide bonds. The number of halogens is 1. The summed E-state index contributed by atoms with van der Waals surface area (Å²) in [5.74, 6) is 0.358. The third kappa shape index (κ3) is 4.44. The van der Waals surface area contributed by atoms with Crippen molar-refractivity contribution in [3.05, 3.63) is 90.3 Å². The van der Waals surface area contributed by atoms with E-state index in [2.05, 4.69) is 25.8 Å². The largest absolute Gasteiger partial charge is 0.339 e. The molecule has 2 aromatic carbocycles. The number of amides is 2. The minimum atomic E-state index is -0.550. The van der Waals surface area contributed by atoms with Crippen LogP contribution in [0, 0.1) is 5.82 Å². The summed E-state index contributed by atoms with van der Waals surface area (Å²) >= 11 is 0. The molecule has 144 valence electrons. The Morgan fingerprint density at radius 1 is 0.931 bits per heavy atom. The maximum atomic E-state index is 13.7. The van der Waals surface area contributed by atoms with Crippen LogP contribution < -0.4 is 10.6 Å². The van der Waals surface area contributed by atoms with Crippen LogP contribution in [0.4, 0.5) is 20.6 Å². The van der Waals surface area contributed by atoms with Gasteiger partial charge >= 0.3 is 6.03 Å². The predicted octanol–water partition coefficient (Wildman–Crippen LogP) is 4.51. The first-order valence-electron chi connectivity index (χ1n) is 8.82. The van der Waals surface area contributed by atoms with Crippen LogP contribution in [0.5, 0.6) is 0 Å². The zero-order chi connectivity index (χ0) is 20.1. The molecular weight excluding hydrogens is 373 g/mol. The zero-order valence-corrected chi connectivity index (χ0v) is 15.2. The Bertz CT molecular complexity index is 1130. The molecule has 4 rings (SSSR count). The first-order chi connectivity index (χ1) is 14.2. The normalized spacial score (nSPS) is 10.5. The number of nitrogens with one attached hydrogen (secondary N) is 2. The van der Waals surface area contributed by atoms with Gasteiger partial charge in [0.05, 0.1) is 12.1 Å². The highest BCUT2D eigenvalue weighted by Crippen LogP contribution is 2.21. The predicted molar refractivity (Wildman–Crippen MR) is 106 cm³/mol. The molecule has 2 heterocycles. The summed E-state index contributed by atoms with van der Waals surface area (Å²) < 4.78 is 19.1. The zero-order valence-electron chi connectivity index (χ0n) is 15.2. The molecule has 0 aliphatic heterocycles. The number of carbonyl (C=O) groups excluding carboxylic acids is 1. The Morgan fingerprint density at radius 2 is 1.62 bits per heavy atom. The lowest BCUT2D eigenvalue weighted by Gasteiger charge is -2.11. The fraction of sp³-hybridized carbons (Fsp3) is 0.0476. The Balaban J connectivity index is 1.48. The second-order valence-corrected chi connectivity index (χ2v) is 6.14. The van der Waals surface area contributed by atoms with Crippen LogP contribution in [0.3, 0.4) is 0 Å². The monoisotopic (exact) mass is 389 g/mol. The molecule has 0 radical (unpaired) electrons. The van der Waals surface area contributed by atoms with E-state index >= 15 is 0 Å². The summed E-state index contributed by atoms with van der Waals surface area (Å²) in [6, 6.07) is 16.2. The van der Waals surface area contributed by atoms with Crippen molar-refractivity contribution >= 4 is 17.4 Å². The number of rotatable bonds is 5. The molecule has 0 unspecified atom stereocenters. The topological polar surface area (TPSA) is 92.9 Å². The Kier molecular flexibility index (Phi) is 5.24. The number of anilines is 2. The van der Waals surface area contributed by atoms with Crippen molar-refractivity contribution < 1.29 is 13.7 Å². The number of benzene rings is 2. The molecule has 2 aromatic heterocycles. The van der Waals surface area contributed by atoms with Crippen LogP contribution in [0.25, 0.3) is 11.4 Å². The van der Waals surface area contributed by atoms with Crippen LogP contribution in [0.1, 0.15) is 11.5 Å². The van der Waals surface area contributed by atoms with Gasteiger partial charge in [-0.25, -0.2) is 9.18 Å². The van der Waals surface area contributed by atoms with E-state index in [4.69, 9.17) is 4.52 Å². The lowest BCUT2D eigenvalue weighted by molar-refractivity contribution is 0.262. The average molecular weight is 389 g/mol. The number of hydrogen-bond acceptors (Lipinski definition) is 5. The van der Waals surface area contributed by atoms with Gasteiger partial charge in [0, 0.05) is 23.6 Å². The number of pyridine rings is 1. The molecule has 4 aromatic rings. The molecule has 0 aliphatic carbocycles. The molecule has 8 heteroatoms. The fourth-order valence-electron chi connectivity index (χ4n) is 2.74. The highest BCUT2D eigenvalue weighted by molar-refractivity contribution is 6.00. The van der Waals surface area contributed by atoms with Crippen LogP contribution in [0.15, 0.2) is 77.6 Å². The molecule has 0 aliphatic rings. The second kappa shape index (κ2) is 8.30. The van der Waals surface area contributed by atoms with E-state index in [9.17, 15) is 9.18 Å². The quantitative estimate of drug-likeness (QED) is 0.524. The molecule has 7 nitrogen and oxygen atoms in total. The number of nitrogens with zero attached hydrogens (tertiary/aromatic N) is 3. The fourth-order valence-corrected chi connectivity index (χ4v) is 2.74. The summed E-state index contributed by atoms with van der Waals surface area (Å²) in [4.78, 5) is 20.6. The molecule has 2 N–H and O–H groups in total. The first-order valence-corrected chi connectivity index (χ1v) is 8.82. The van der Waals surface area contributed by atoms with Gasteiger partial charge in [0.1, 0.15) is 5.82 Å². The smallest absolute Gasteiger partial charge is 0.323 e. The van der Waals surface area contributed by atoms with Crippen LogP contribution in [-0.2, 0) is 6.42 Å². The molecule has 0 saturated heterocycles. The molecule has 0 fully saturated rings. The third-order valence-corrected chi connectivity index (χ3v) is 4.14. The van der Waals surface area contributed by atoms with Gasteiger partial charge in [-0.3, -0.25) is 4.98 Å². The van der Waals surface area contributed by atoms with Crippen molar-refractivity contribution in [3.63, 3.8) is 0 Å². The number of hydrogen-bond donors (Lipinski definition) is 2. The van der Waals surface area contributed by atoms with Gasteiger partial charge in [-0.1, -0.05) is 35.5 Å². The lowest BCUT2D eigenvalue weighted by Crippen LogP contribution is -2.21. The lowest BCUT2D eigenvalue weighted by atomic mass is 10.1. The van der Waals surface area contributed by atoms with Crippen molar-refractivity contribution in [2.24, 2.45) is 0 Å². The van der Waals surface area contributed by atoms with E-state index < -0.39 is 11.8 Å².